The van der Waals surface area contributed by atoms with E-state index in [9.17, 15) is 0 Å². The lowest BCUT2D eigenvalue weighted by atomic mass is 10.1. The number of hydrogen-bond acceptors (Lipinski definition) is 5. The highest BCUT2D eigenvalue weighted by Gasteiger charge is 2.11. The largest absolute Gasteiger partial charge is 0.494 e. The smallest absolute Gasteiger partial charge is 0.130 e. The fourth-order valence-electron chi connectivity index (χ4n) is 3.33. The summed E-state index contributed by atoms with van der Waals surface area (Å²) in [7, 11) is 0. The molecule has 30 heavy (non-hydrogen) atoms. The molecule has 5 heteroatoms. The first-order chi connectivity index (χ1) is 14.7. The van der Waals surface area contributed by atoms with Crippen molar-refractivity contribution in [3.63, 3.8) is 0 Å². The van der Waals surface area contributed by atoms with Gasteiger partial charge in [-0.05, 0) is 68.2 Å². The molecular formula is C25H32N2O2S. The lowest BCUT2D eigenvalue weighted by molar-refractivity contribution is 0.224. The Labute approximate surface area is 184 Å². The maximum atomic E-state index is 6.28. The van der Waals surface area contributed by atoms with Crippen molar-refractivity contribution in [3.05, 3.63) is 48.5 Å². The summed E-state index contributed by atoms with van der Waals surface area (Å²) >= 11 is 1.73. The Hall–Kier alpha value is -2.24. The van der Waals surface area contributed by atoms with Crippen LogP contribution in [0.5, 0.6) is 11.5 Å². The van der Waals surface area contributed by atoms with Gasteiger partial charge >= 0.3 is 0 Å². The monoisotopic (exact) mass is 424 g/mol. The van der Waals surface area contributed by atoms with Crippen LogP contribution < -0.4 is 9.47 Å². The van der Waals surface area contributed by atoms with Crippen LogP contribution in [0.3, 0.4) is 0 Å². The number of nitrogens with zero attached hydrogens (tertiary/aromatic N) is 2. The number of hydrogen-bond donors (Lipinski definition) is 0. The van der Waals surface area contributed by atoms with Gasteiger partial charge in [-0.25, -0.2) is 4.98 Å². The first-order valence-electron chi connectivity index (χ1n) is 10.8. The van der Waals surface area contributed by atoms with Gasteiger partial charge in [-0.2, -0.15) is 0 Å². The molecule has 1 heterocycles. The Morgan fingerprint density at radius 3 is 2.33 bits per heavy atom. The van der Waals surface area contributed by atoms with Crippen LogP contribution in [0.15, 0.2) is 53.4 Å². The minimum Gasteiger partial charge on any atom is -0.494 e. The number of ether oxygens (including phenoxy) is 2. The maximum absolute atomic E-state index is 6.28. The summed E-state index contributed by atoms with van der Waals surface area (Å²) in [5.41, 5.74) is 2.93. The number of likely N-dealkylation sites (N-methyl/N-ethyl adjacent to an activating group) is 1. The highest BCUT2D eigenvalue weighted by molar-refractivity contribution is 7.98. The van der Waals surface area contributed by atoms with Gasteiger partial charge in [0.25, 0.3) is 0 Å². The predicted octanol–water partition coefficient (Wildman–Crippen LogP) is 6.13. The second kappa shape index (κ2) is 11.2. The van der Waals surface area contributed by atoms with E-state index in [4.69, 9.17) is 14.5 Å². The molecule has 0 N–H and O–H groups in total. The van der Waals surface area contributed by atoms with Crippen molar-refractivity contribution in [3.8, 4) is 22.8 Å². The zero-order valence-corrected chi connectivity index (χ0v) is 19.3. The molecule has 1 aromatic heterocycles. The highest BCUT2D eigenvalue weighted by atomic mass is 32.2. The van der Waals surface area contributed by atoms with Gasteiger partial charge in [-0.3, -0.25) is 0 Å². The molecular weight excluding hydrogens is 392 g/mol. The molecule has 0 bridgehead atoms. The van der Waals surface area contributed by atoms with Gasteiger partial charge < -0.3 is 14.4 Å². The van der Waals surface area contributed by atoms with Crippen molar-refractivity contribution in [1.82, 2.24) is 9.88 Å². The Morgan fingerprint density at radius 1 is 0.900 bits per heavy atom. The van der Waals surface area contributed by atoms with Gasteiger partial charge in [-0.1, -0.05) is 20.8 Å². The van der Waals surface area contributed by atoms with E-state index in [0.29, 0.717) is 6.61 Å². The van der Waals surface area contributed by atoms with Crippen LogP contribution >= 0.6 is 11.8 Å². The molecule has 160 valence electrons. The van der Waals surface area contributed by atoms with Crippen LogP contribution in [0.1, 0.15) is 27.2 Å². The third-order valence-corrected chi connectivity index (χ3v) is 5.89. The lowest BCUT2D eigenvalue weighted by Crippen LogP contribution is -2.27. The summed E-state index contributed by atoms with van der Waals surface area (Å²) in [5, 5.41) is 1.06. The molecule has 0 aliphatic rings. The molecule has 0 fully saturated rings. The predicted molar refractivity (Wildman–Crippen MR) is 128 cm³/mol. The van der Waals surface area contributed by atoms with Crippen LogP contribution in [0.4, 0.5) is 0 Å². The molecule has 0 aliphatic carbocycles. The van der Waals surface area contributed by atoms with E-state index >= 15 is 0 Å². The summed E-state index contributed by atoms with van der Waals surface area (Å²) in [6.45, 7) is 10.8. The Bertz CT molecular complexity index is 940. The molecule has 3 rings (SSSR count). The molecule has 2 aromatic carbocycles. The molecule has 0 spiro atoms. The normalized spacial score (nSPS) is 11.2. The van der Waals surface area contributed by atoms with Crippen LogP contribution in [0, 0.1) is 0 Å². The minimum absolute atomic E-state index is 0.660. The average Bonchev–Trinajstić information content (AvgIpc) is 2.80. The first-order valence-corrected chi connectivity index (χ1v) is 12.0. The van der Waals surface area contributed by atoms with E-state index in [1.807, 2.05) is 12.1 Å². The van der Waals surface area contributed by atoms with Gasteiger partial charge in [0.05, 0.1) is 17.8 Å². The van der Waals surface area contributed by atoms with Crippen molar-refractivity contribution in [2.75, 3.05) is 39.1 Å². The number of pyridine rings is 1. The number of aromatic nitrogens is 1. The van der Waals surface area contributed by atoms with Crippen LogP contribution in [0.2, 0.25) is 0 Å². The summed E-state index contributed by atoms with van der Waals surface area (Å²) in [4.78, 5) is 8.49. The molecule has 0 saturated heterocycles. The van der Waals surface area contributed by atoms with Gasteiger partial charge in [-0.15, -0.1) is 11.8 Å². The van der Waals surface area contributed by atoms with Crippen LogP contribution in [-0.2, 0) is 0 Å². The summed E-state index contributed by atoms with van der Waals surface area (Å²) in [6, 6.07) is 16.6. The van der Waals surface area contributed by atoms with E-state index < -0.39 is 0 Å². The number of thioether (sulfide) groups is 1. The Morgan fingerprint density at radius 2 is 1.67 bits per heavy atom. The first kappa shape index (κ1) is 22.4. The lowest BCUT2D eigenvalue weighted by Gasteiger charge is -2.19. The highest BCUT2D eigenvalue weighted by Crippen LogP contribution is 2.33. The van der Waals surface area contributed by atoms with Gasteiger partial charge in [0.1, 0.15) is 18.1 Å². The zero-order valence-electron chi connectivity index (χ0n) is 18.5. The van der Waals surface area contributed by atoms with Crippen molar-refractivity contribution in [2.45, 2.75) is 32.1 Å². The molecule has 0 unspecified atom stereocenters. The molecule has 0 saturated carbocycles. The second-order valence-corrected chi connectivity index (χ2v) is 8.02. The summed E-state index contributed by atoms with van der Waals surface area (Å²) in [5.74, 6) is 1.78. The second-order valence-electron chi connectivity index (χ2n) is 7.14. The third-order valence-electron chi connectivity index (χ3n) is 5.16. The fraction of sp³-hybridized carbons (Fsp3) is 0.400. The van der Waals surface area contributed by atoms with E-state index in [2.05, 4.69) is 68.3 Å². The number of fused-ring (bicyclic) bond motifs is 1. The number of benzene rings is 2. The van der Waals surface area contributed by atoms with Crippen molar-refractivity contribution in [1.29, 1.82) is 0 Å². The zero-order chi connectivity index (χ0) is 21.3. The van der Waals surface area contributed by atoms with Crippen molar-refractivity contribution < 1.29 is 9.47 Å². The third kappa shape index (κ3) is 5.67. The molecule has 4 nitrogen and oxygen atoms in total. The molecule has 0 radical (unpaired) electrons. The molecule has 0 aliphatic heterocycles. The van der Waals surface area contributed by atoms with Gasteiger partial charge in [0.15, 0.2) is 0 Å². The SMILES string of the molecule is CCCOc1ccc(-c2cc(OCCN(CC)CC)c3cc(SC)ccc3n2)cc1. The molecule has 0 amide bonds. The van der Waals surface area contributed by atoms with Gasteiger partial charge in [0, 0.05) is 28.5 Å². The topological polar surface area (TPSA) is 34.6 Å². The Kier molecular flexibility index (Phi) is 8.40. The Balaban J connectivity index is 1.91. The van der Waals surface area contributed by atoms with Crippen molar-refractivity contribution >= 4 is 22.7 Å². The summed E-state index contributed by atoms with van der Waals surface area (Å²) < 4.78 is 12.0. The van der Waals surface area contributed by atoms with Crippen LogP contribution in [-0.4, -0.2) is 49.0 Å². The molecule has 3 aromatic rings. The fourth-order valence-corrected chi connectivity index (χ4v) is 3.77. The number of rotatable bonds is 11. The quantitative estimate of drug-likeness (QED) is 0.346. The minimum atomic E-state index is 0.660. The van der Waals surface area contributed by atoms with E-state index in [1.165, 1.54) is 4.90 Å². The van der Waals surface area contributed by atoms with E-state index in [-0.39, 0.29) is 0 Å². The van der Waals surface area contributed by atoms with Gasteiger partial charge in [0.2, 0.25) is 0 Å². The standard InChI is InChI=1S/C25H32N2O2S/c1-5-15-28-20-10-8-19(9-11-20)24-18-25(29-16-14-27(6-2)7-3)22-17-21(30-4)12-13-23(22)26-24/h8-13,17-18H,5-7,14-16H2,1-4H3. The maximum Gasteiger partial charge on any atom is 0.130 e. The van der Waals surface area contributed by atoms with Crippen molar-refractivity contribution in [2.24, 2.45) is 0 Å². The summed E-state index contributed by atoms with van der Waals surface area (Å²) in [6.07, 6.45) is 3.09. The van der Waals surface area contributed by atoms with E-state index in [0.717, 1.165) is 66.3 Å². The van der Waals surface area contributed by atoms with Crippen LogP contribution in [0.25, 0.3) is 22.2 Å². The average molecular weight is 425 g/mol. The molecule has 0 atom stereocenters. The van der Waals surface area contributed by atoms with E-state index in [1.54, 1.807) is 11.8 Å².